The van der Waals surface area contributed by atoms with E-state index in [4.69, 9.17) is 15.9 Å². The zero-order valence-electron chi connectivity index (χ0n) is 24.8. The minimum absolute atomic E-state index is 0.0119. The molecule has 1 aromatic carbocycles. The molecule has 9 heteroatoms. The molecular weight excluding hydrogens is 498 g/mol. The Balaban J connectivity index is 3.51. The van der Waals surface area contributed by atoms with E-state index in [-0.39, 0.29) is 25.5 Å². The lowest BCUT2D eigenvalue weighted by Gasteiger charge is -2.43. The summed E-state index contributed by atoms with van der Waals surface area (Å²) in [7, 11) is 0. The van der Waals surface area contributed by atoms with Gasteiger partial charge in [-0.05, 0) is 78.5 Å². The molecule has 9 nitrogen and oxygen atoms in total. The number of nitrogens with zero attached hydrogens (tertiary/aromatic N) is 1. The number of carbonyl (C=O) groups is 4. The molecule has 0 heterocycles. The van der Waals surface area contributed by atoms with Crippen molar-refractivity contribution >= 4 is 23.9 Å². The number of nitrogens with one attached hydrogen (secondary N) is 2. The van der Waals surface area contributed by atoms with Crippen LogP contribution >= 0.6 is 0 Å². The van der Waals surface area contributed by atoms with E-state index in [2.05, 4.69) is 16.6 Å². The van der Waals surface area contributed by atoms with Crippen LogP contribution in [-0.4, -0.2) is 59.1 Å². The molecule has 0 fully saturated rings. The molecule has 216 valence electrons. The first-order valence-electron chi connectivity index (χ1n) is 13.3. The van der Waals surface area contributed by atoms with Gasteiger partial charge in [0.25, 0.3) is 0 Å². The maximum atomic E-state index is 14.2. The van der Waals surface area contributed by atoms with E-state index in [1.54, 1.807) is 52.0 Å². The predicted molar refractivity (Wildman–Crippen MR) is 151 cm³/mol. The largest absolute Gasteiger partial charge is 0.466 e. The highest BCUT2D eigenvalue weighted by atomic mass is 16.6. The van der Waals surface area contributed by atoms with E-state index in [0.717, 1.165) is 0 Å². The van der Waals surface area contributed by atoms with Gasteiger partial charge in [-0.15, -0.1) is 6.42 Å². The topological polar surface area (TPSA) is 114 Å². The van der Waals surface area contributed by atoms with E-state index in [1.807, 2.05) is 34.6 Å². The molecule has 0 radical (unpaired) electrons. The van der Waals surface area contributed by atoms with Crippen molar-refractivity contribution in [3.8, 4) is 12.3 Å². The molecule has 2 unspecified atom stereocenters. The van der Waals surface area contributed by atoms with Crippen LogP contribution in [0.5, 0.6) is 0 Å². The van der Waals surface area contributed by atoms with Crippen molar-refractivity contribution in [1.29, 1.82) is 0 Å². The van der Waals surface area contributed by atoms with Gasteiger partial charge in [0.1, 0.15) is 17.7 Å². The molecule has 0 saturated heterocycles. The van der Waals surface area contributed by atoms with Crippen LogP contribution in [0.15, 0.2) is 24.3 Å². The van der Waals surface area contributed by atoms with Crippen LogP contribution < -0.4 is 10.6 Å². The van der Waals surface area contributed by atoms with Gasteiger partial charge in [-0.1, -0.05) is 31.9 Å². The smallest absolute Gasteiger partial charge is 0.408 e. The normalized spacial score (nSPS) is 13.1. The third-order valence-electron chi connectivity index (χ3n) is 5.49. The molecule has 0 aliphatic heterocycles. The molecule has 0 aliphatic carbocycles. The molecule has 0 aliphatic rings. The first kappa shape index (κ1) is 33.5. The van der Waals surface area contributed by atoms with Gasteiger partial charge in [-0.2, -0.15) is 0 Å². The summed E-state index contributed by atoms with van der Waals surface area (Å²) >= 11 is 0. The van der Waals surface area contributed by atoms with E-state index in [0.29, 0.717) is 17.5 Å². The van der Waals surface area contributed by atoms with Crippen LogP contribution in [-0.2, 0) is 23.9 Å². The molecule has 0 aromatic heterocycles. The highest BCUT2D eigenvalue weighted by Crippen LogP contribution is 2.31. The minimum Gasteiger partial charge on any atom is -0.466 e. The molecule has 3 amide bonds. The summed E-state index contributed by atoms with van der Waals surface area (Å²) in [5.41, 5.74) is -0.431. The third-order valence-corrected chi connectivity index (χ3v) is 5.49. The lowest BCUT2D eigenvalue weighted by molar-refractivity contribution is -0.149. The number of terminal acetylenes is 1. The summed E-state index contributed by atoms with van der Waals surface area (Å²) in [5.74, 6) is 1.26. The first-order chi connectivity index (χ1) is 18.0. The van der Waals surface area contributed by atoms with Gasteiger partial charge >= 0.3 is 12.1 Å². The molecule has 1 rings (SSSR count). The molecule has 2 N–H and O–H groups in total. The number of carbonyl (C=O) groups excluding carboxylic acids is 4. The molecule has 0 spiro atoms. The fourth-order valence-corrected chi connectivity index (χ4v) is 3.95. The highest BCUT2D eigenvalue weighted by Gasteiger charge is 2.42. The quantitative estimate of drug-likeness (QED) is 0.317. The number of esters is 1. The lowest BCUT2D eigenvalue weighted by Crippen LogP contribution is -2.59. The molecule has 1 aromatic rings. The number of amides is 3. The molecular formula is C30H45N3O6. The first-order valence-corrected chi connectivity index (χ1v) is 13.3. The molecule has 39 heavy (non-hydrogen) atoms. The van der Waals surface area contributed by atoms with Crippen LogP contribution in [0.1, 0.15) is 92.3 Å². The van der Waals surface area contributed by atoms with Crippen LogP contribution in [0.4, 0.5) is 4.79 Å². The fraction of sp³-hybridized carbons (Fsp3) is 0.600. The average molecular weight is 544 g/mol. The van der Waals surface area contributed by atoms with Crippen molar-refractivity contribution in [2.75, 3.05) is 13.2 Å². The SMILES string of the molecule is C#Cc1ccc(C(C(=O)NCCC(=O)OCC)N(C(=O)C(CC(C)C)NC(=O)OC(C)(C)C)C(C)(C)C)cc1. The number of ether oxygens (including phenoxy) is 2. The summed E-state index contributed by atoms with van der Waals surface area (Å²) in [5, 5.41) is 5.49. The van der Waals surface area contributed by atoms with E-state index >= 15 is 0 Å². The minimum atomic E-state index is -1.07. The molecule has 0 bridgehead atoms. The van der Waals surface area contributed by atoms with Crippen molar-refractivity contribution in [3.63, 3.8) is 0 Å². The van der Waals surface area contributed by atoms with Gasteiger partial charge in [0.15, 0.2) is 0 Å². The Morgan fingerprint density at radius 2 is 1.62 bits per heavy atom. The second kappa shape index (κ2) is 14.6. The summed E-state index contributed by atoms with van der Waals surface area (Å²) < 4.78 is 10.4. The van der Waals surface area contributed by atoms with Crippen molar-refractivity contribution in [2.45, 2.75) is 98.4 Å². The Labute approximate surface area is 233 Å². The van der Waals surface area contributed by atoms with Crippen molar-refractivity contribution in [2.24, 2.45) is 5.92 Å². The fourth-order valence-electron chi connectivity index (χ4n) is 3.95. The lowest BCUT2D eigenvalue weighted by atomic mass is 9.93. The third kappa shape index (κ3) is 11.4. The van der Waals surface area contributed by atoms with Gasteiger partial charge in [-0.3, -0.25) is 14.4 Å². The maximum absolute atomic E-state index is 14.2. The average Bonchev–Trinajstić information content (AvgIpc) is 2.79. The second-order valence-corrected chi connectivity index (χ2v) is 11.7. The van der Waals surface area contributed by atoms with Crippen molar-refractivity contribution < 1.29 is 28.7 Å². The summed E-state index contributed by atoms with van der Waals surface area (Å²) in [4.78, 5) is 53.9. The predicted octanol–water partition coefficient (Wildman–Crippen LogP) is 4.34. The highest BCUT2D eigenvalue weighted by molar-refractivity contribution is 5.92. The van der Waals surface area contributed by atoms with Gasteiger partial charge < -0.3 is 25.0 Å². The van der Waals surface area contributed by atoms with Crippen LogP contribution in [0.3, 0.4) is 0 Å². The standard InChI is InChI=1S/C30H45N3O6/c1-11-21-13-15-22(16-14-21)25(26(35)31-18-17-24(34)38-12-2)33(29(5,6)7)27(36)23(19-20(3)4)32-28(37)39-30(8,9)10/h1,13-16,20,23,25H,12,17-19H2,2-10H3,(H,31,35)(H,32,37). The van der Waals surface area contributed by atoms with Gasteiger partial charge in [-0.25, -0.2) is 4.79 Å². The van der Waals surface area contributed by atoms with Gasteiger partial charge in [0, 0.05) is 17.6 Å². The molecule has 0 saturated carbocycles. The van der Waals surface area contributed by atoms with Crippen LogP contribution in [0.25, 0.3) is 0 Å². The molecule has 2 atom stereocenters. The number of hydrogen-bond donors (Lipinski definition) is 2. The zero-order valence-corrected chi connectivity index (χ0v) is 24.8. The summed E-state index contributed by atoms with van der Waals surface area (Å²) in [6.45, 7) is 16.5. The van der Waals surface area contributed by atoms with Gasteiger partial charge in [0.2, 0.25) is 11.8 Å². The van der Waals surface area contributed by atoms with Crippen LogP contribution in [0, 0.1) is 18.3 Å². The summed E-state index contributed by atoms with van der Waals surface area (Å²) in [6, 6.07) is 4.79. The Hall–Kier alpha value is -3.54. The second-order valence-electron chi connectivity index (χ2n) is 11.7. The van der Waals surface area contributed by atoms with Crippen molar-refractivity contribution in [3.05, 3.63) is 35.4 Å². The number of benzene rings is 1. The number of alkyl carbamates (subject to hydrolysis) is 1. The summed E-state index contributed by atoms with van der Waals surface area (Å²) in [6.07, 6.45) is 5.12. The monoisotopic (exact) mass is 543 g/mol. The Morgan fingerprint density at radius 3 is 2.08 bits per heavy atom. The maximum Gasteiger partial charge on any atom is 0.408 e. The van der Waals surface area contributed by atoms with E-state index in [1.165, 1.54) is 4.90 Å². The Bertz CT molecular complexity index is 1030. The van der Waals surface area contributed by atoms with Crippen molar-refractivity contribution in [1.82, 2.24) is 15.5 Å². The van der Waals surface area contributed by atoms with Gasteiger partial charge in [0.05, 0.1) is 13.0 Å². The van der Waals surface area contributed by atoms with Crippen LogP contribution in [0.2, 0.25) is 0 Å². The van der Waals surface area contributed by atoms with E-state index in [9.17, 15) is 19.2 Å². The van der Waals surface area contributed by atoms with E-state index < -0.39 is 47.1 Å². The zero-order chi connectivity index (χ0) is 30.0. The number of rotatable bonds is 11. The Morgan fingerprint density at radius 1 is 1.03 bits per heavy atom. The number of hydrogen-bond acceptors (Lipinski definition) is 6. The Kier molecular flexibility index (Phi) is 12.5.